The summed E-state index contributed by atoms with van der Waals surface area (Å²) in [4.78, 5) is 2.29. The van der Waals surface area contributed by atoms with Crippen LogP contribution in [0.5, 0.6) is 0 Å². The van der Waals surface area contributed by atoms with Crippen LogP contribution < -0.4 is 4.90 Å². The van der Waals surface area contributed by atoms with E-state index in [-0.39, 0.29) is 0 Å². The van der Waals surface area contributed by atoms with E-state index in [1.54, 1.807) is 0 Å². The van der Waals surface area contributed by atoms with E-state index in [1.807, 2.05) is 0 Å². The Bertz CT molecular complexity index is 2100. The molecule has 0 aliphatic carbocycles. The number of nitrogens with zero attached hydrogens (tertiary/aromatic N) is 1. The molecule has 2 heteroatoms. The molecule has 0 aliphatic heterocycles. The van der Waals surface area contributed by atoms with Crippen LogP contribution in [-0.2, 0) is 0 Å². The molecule has 0 N–H and O–H groups in total. The summed E-state index contributed by atoms with van der Waals surface area (Å²) in [6.07, 6.45) is 0. The highest BCUT2D eigenvalue weighted by Crippen LogP contribution is 2.41. The average Bonchev–Trinajstić information content (AvgIpc) is 3.16. The van der Waals surface area contributed by atoms with Crippen molar-refractivity contribution < 1.29 is 4.42 Å². The minimum absolute atomic E-state index is 0.897. The lowest BCUT2D eigenvalue weighted by molar-refractivity contribution is 0.664. The van der Waals surface area contributed by atoms with E-state index in [9.17, 15) is 0 Å². The Morgan fingerprint density at radius 2 is 0.925 bits per heavy atom. The van der Waals surface area contributed by atoms with Gasteiger partial charge in [0.2, 0.25) is 0 Å². The third-order valence-corrected chi connectivity index (χ3v) is 7.84. The zero-order chi connectivity index (χ0) is 26.5. The predicted octanol–water partition coefficient (Wildman–Crippen LogP) is 11.0. The highest BCUT2D eigenvalue weighted by molar-refractivity contribution is 6.24. The van der Waals surface area contributed by atoms with Crippen LogP contribution in [0.3, 0.4) is 0 Å². The Hall–Kier alpha value is -5.34. The molecule has 2 nitrogen and oxygen atoms in total. The first kappa shape index (κ1) is 22.6. The monoisotopic (exact) mass is 511 g/mol. The number of benzene rings is 7. The summed E-state index contributed by atoms with van der Waals surface area (Å²) in [7, 11) is 0. The summed E-state index contributed by atoms with van der Waals surface area (Å²) < 4.78 is 6.58. The van der Waals surface area contributed by atoms with Gasteiger partial charge in [-0.15, -0.1) is 0 Å². The number of fused-ring (bicyclic) bond motifs is 1. The zero-order valence-corrected chi connectivity index (χ0v) is 21.8. The van der Waals surface area contributed by atoms with E-state index in [0.29, 0.717) is 0 Å². The highest BCUT2D eigenvalue weighted by atomic mass is 16.3. The summed E-state index contributed by atoms with van der Waals surface area (Å²) in [5, 5.41) is 7.13. The molecule has 8 aromatic rings. The van der Waals surface area contributed by atoms with E-state index >= 15 is 0 Å². The number of anilines is 3. The van der Waals surface area contributed by atoms with Crippen molar-refractivity contribution in [2.75, 3.05) is 4.90 Å². The van der Waals surface area contributed by atoms with Crippen LogP contribution in [0.2, 0.25) is 0 Å². The normalized spacial score (nSPS) is 11.5. The standard InChI is InChI=1S/C38H25NO/c1-3-12-28(13-4-1)39(29-14-5-2-6-15-29)30-22-20-26(21-23-30)31-24-25-36-38-32(31)17-9-18-34(38)33-16-7-10-27-11-8-19-35(40-36)37(27)33/h1-25H. The van der Waals surface area contributed by atoms with Crippen LogP contribution in [-0.4, -0.2) is 0 Å². The molecular formula is C38H25NO. The van der Waals surface area contributed by atoms with Gasteiger partial charge < -0.3 is 9.32 Å². The number of hydrogen-bond donors (Lipinski definition) is 0. The number of rotatable bonds is 4. The molecule has 0 amide bonds. The maximum absolute atomic E-state index is 6.58. The van der Waals surface area contributed by atoms with Crippen LogP contribution in [0.15, 0.2) is 156 Å². The fourth-order valence-corrected chi connectivity index (χ4v) is 6.06. The van der Waals surface area contributed by atoms with Crippen LogP contribution in [0.4, 0.5) is 17.1 Å². The van der Waals surface area contributed by atoms with Crippen molar-refractivity contribution in [1.29, 1.82) is 0 Å². The zero-order valence-electron chi connectivity index (χ0n) is 21.8. The Kier molecular flexibility index (Phi) is 5.17. The highest BCUT2D eigenvalue weighted by Gasteiger charge is 2.15. The third-order valence-electron chi connectivity index (χ3n) is 7.84. The quantitative estimate of drug-likeness (QED) is 0.234. The maximum atomic E-state index is 6.58. The molecule has 8 rings (SSSR count). The minimum Gasteiger partial charge on any atom is -0.456 e. The lowest BCUT2D eigenvalue weighted by Gasteiger charge is -2.25. The van der Waals surface area contributed by atoms with Crippen molar-refractivity contribution in [3.05, 3.63) is 152 Å². The lowest BCUT2D eigenvalue weighted by Crippen LogP contribution is -2.09. The smallest absolute Gasteiger partial charge is 0.135 e. The van der Waals surface area contributed by atoms with Crippen molar-refractivity contribution in [2.24, 2.45) is 0 Å². The van der Waals surface area contributed by atoms with Crippen LogP contribution in [0, 0.1) is 0 Å². The molecule has 1 aromatic heterocycles. The van der Waals surface area contributed by atoms with Gasteiger partial charge in [0.15, 0.2) is 0 Å². The Balaban J connectivity index is 1.32. The Labute approximate surface area is 232 Å². The first-order chi connectivity index (χ1) is 19.8. The molecule has 0 spiro atoms. The maximum Gasteiger partial charge on any atom is 0.135 e. The molecule has 7 aromatic carbocycles. The lowest BCUT2D eigenvalue weighted by atomic mass is 9.94. The molecular weight excluding hydrogens is 486 g/mol. The molecule has 0 unspecified atom stereocenters. The van der Waals surface area contributed by atoms with E-state index < -0.39 is 0 Å². The molecule has 0 aliphatic rings. The van der Waals surface area contributed by atoms with Gasteiger partial charge in [-0.2, -0.15) is 0 Å². The van der Waals surface area contributed by atoms with E-state index in [2.05, 4.69) is 157 Å². The summed E-state index contributed by atoms with van der Waals surface area (Å²) in [5.41, 5.74) is 7.55. The van der Waals surface area contributed by atoms with Gasteiger partial charge in [0.25, 0.3) is 0 Å². The van der Waals surface area contributed by atoms with Crippen molar-refractivity contribution >= 4 is 60.5 Å². The van der Waals surface area contributed by atoms with Crippen molar-refractivity contribution in [2.45, 2.75) is 0 Å². The van der Waals surface area contributed by atoms with Crippen LogP contribution in [0.25, 0.3) is 54.6 Å². The second kappa shape index (κ2) is 9.14. The second-order valence-electron chi connectivity index (χ2n) is 10.2. The van der Waals surface area contributed by atoms with Gasteiger partial charge in [0.1, 0.15) is 11.2 Å². The molecule has 0 saturated carbocycles. The van der Waals surface area contributed by atoms with Crippen LogP contribution in [0.1, 0.15) is 0 Å². The van der Waals surface area contributed by atoms with Gasteiger partial charge in [-0.25, -0.2) is 0 Å². The molecule has 0 atom stereocenters. The number of para-hydroxylation sites is 2. The van der Waals surface area contributed by atoms with Crippen molar-refractivity contribution in [1.82, 2.24) is 0 Å². The van der Waals surface area contributed by atoms with E-state index in [0.717, 1.165) is 33.6 Å². The molecule has 188 valence electrons. The summed E-state index contributed by atoms with van der Waals surface area (Å²) in [6, 6.07) is 53.6. The van der Waals surface area contributed by atoms with Gasteiger partial charge in [-0.1, -0.05) is 103 Å². The fraction of sp³-hybridized carbons (Fsp3) is 0. The Morgan fingerprint density at radius 3 is 1.62 bits per heavy atom. The number of hydrogen-bond acceptors (Lipinski definition) is 2. The Morgan fingerprint density at radius 1 is 0.375 bits per heavy atom. The average molecular weight is 512 g/mol. The van der Waals surface area contributed by atoms with E-state index in [4.69, 9.17) is 4.42 Å². The van der Waals surface area contributed by atoms with Crippen molar-refractivity contribution in [3.63, 3.8) is 0 Å². The first-order valence-electron chi connectivity index (χ1n) is 13.6. The van der Waals surface area contributed by atoms with Gasteiger partial charge in [-0.3, -0.25) is 0 Å². The van der Waals surface area contributed by atoms with Gasteiger partial charge in [0.05, 0.1) is 0 Å². The van der Waals surface area contributed by atoms with Gasteiger partial charge >= 0.3 is 0 Å². The molecule has 0 bridgehead atoms. The SMILES string of the molecule is c1ccc(N(c2ccccc2)c2ccc(-c3ccc4oc5cccc6cccc(c7cccc3c47)c65)cc2)cc1. The summed E-state index contributed by atoms with van der Waals surface area (Å²) >= 11 is 0. The van der Waals surface area contributed by atoms with Gasteiger partial charge in [-0.05, 0) is 81.2 Å². The van der Waals surface area contributed by atoms with Crippen molar-refractivity contribution in [3.8, 4) is 11.1 Å². The molecule has 0 fully saturated rings. The van der Waals surface area contributed by atoms with Gasteiger partial charge in [0, 0.05) is 27.8 Å². The minimum atomic E-state index is 0.897. The van der Waals surface area contributed by atoms with Crippen LogP contribution >= 0.6 is 0 Å². The first-order valence-corrected chi connectivity index (χ1v) is 13.6. The van der Waals surface area contributed by atoms with E-state index in [1.165, 1.54) is 38.1 Å². The molecule has 1 heterocycles. The predicted molar refractivity (Wildman–Crippen MR) is 169 cm³/mol. The summed E-state index contributed by atoms with van der Waals surface area (Å²) in [5.74, 6) is 0. The molecule has 40 heavy (non-hydrogen) atoms. The molecule has 0 saturated heterocycles. The third kappa shape index (κ3) is 3.58. The second-order valence-corrected chi connectivity index (χ2v) is 10.2. The topological polar surface area (TPSA) is 16.4 Å². The molecule has 0 radical (unpaired) electrons. The fourth-order valence-electron chi connectivity index (χ4n) is 6.06. The largest absolute Gasteiger partial charge is 0.456 e. The summed E-state index contributed by atoms with van der Waals surface area (Å²) in [6.45, 7) is 0.